The third-order valence-electron chi connectivity index (χ3n) is 5.87. The fourth-order valence-corrected chi connectivity index (χ4v) is 4.07. The minimum Gasteiger partial charge on any atom is -0.497 e. The third-order valence-corrected chi connectivity index (χ3v) is 5.87. The van der Waals surface area contributed by atoms with E-state index in [1.807, 2.05) is 36.4 Å². The Balaban J connectivity index is 1.51. The van der Waals surface area contributed by atoms with E-state index in [4.69, 9.17) is 9.47 Å². The van der Waals surface area contributed by atoms with Crippen molar-refractivity contribution in [1.82, 2.24) is 15.1 Å². The Morgan fingerprint density at radius 1 is 1.13 bits per heavy atom. The van der Waals surface area contributed by atoms with E-state index >= 15 is 0 Å². The number of β-amino-alcohol motifs (C(OH)–C–C–N with tert-alkyl or cyclic N) is 1. The summed E-state index contributed by atoms with van der Waals surface area (Å²) in [6.45, 7) is 4.78. The van der Waals surface area contributed by atoms with E-state index in [9.17, 15) is 14.7 Å². The maximum Gasteiger partial charge on any atom is 0.325 e. The smallest absolute Gasteiger partial charge is 0.325 e. The van der Waals surface area contributed by atoms with Crippen LogP contribution in [0.5, 0.6) is 5.75 Å². The molecule has 2 heterocycles. The van der Waals surface area contributed by atoms with Crippen molar-refractivity contribution in [2.24, 2.45) is 0 Å². The molecule has 2 aliphatic heterocycles. The van der Waals surface area contributed by atoms with E-state index in [2.05, 4.69) is 10.2 Å². The van der Waals surface area contributed by atoms with Crippen LogP contribution >= 0.6 is 0 Å². The summed E-state index contributed by atoms with van der Waals surface area (Å²) in [6.07, 6.45) is -0.816. The molecule has 8 nitrogen and oxygen atoms in total. The number of fused-ring (bicyclic) bond motifs is 1. The highest BCUT2D eigenvalue weighted by Gasteiger charge is 2.49. The molecule has 2 aromatic rings. The summed E-state index contributed by atoms with van der Waals surface area (Å²) in [5, 5.41) is 15.2. The number of amides is 3. The summed E-state index contributed by atoms with van der Waals surface area (Å²) in [5.41, 5.74) is -0.479. The first-order chi connectivity index (χ1) is 14.4. The van der Waals surface area contributed by atoms with Gasteiger partial charge in [-0.05, 0) is 41.5 Å². The van der Waals surface area contributed by atoms with Gasteiger partial charge in [-0.1, -0.05) is 18.2 Å². The van der Waals surface area contributed by atoms with Crippen molar-refractivity contribution < 1.29 is 24.2 Å². The average Bonchev–Trinajstić information content (AvgIpc) is 2.97. The van der Waals surface area contributed by atoms with E-state index < -0.39 is 17.7 Å². The molecule has 0 radical (unpaired) electrons. The number of hydrogen-bond acceptors (Lipinski definition) is 6. The van der Waals surface area contributed by atoms with Crippen molar-refractivity contribution in [2.75, 3.05) is 46.5 Å². The standard InChI is InChI=1S/C22H27N3O5/c1-22(17-5-3-16-12-19(29-2)6-4-15(16)11-17)20(27)25(21(28)23-22)14-18(26)13-24-7-9-30-10-8-24/h3-6,11-12,18,26H,7-10,13-14H2,1-2H3,(H,23,28)/t18-,22-/m1/s1. The number of nitrogens with one attached hydrogen (secondary N) is 1. The van der Waals surface area contributed by atoms with Crippen molar-refractivity contribution >= 4 is 22.7 Å². The minimum atomic E-state index is -1.18. The molecule has 2 aromatic carbocycles. The van der Waals surface area contributed by atoms with E-state index in [-0.39, 0.29) is 12.5 Å². The quantitative estimate of drug-likeness (QED) is 0.694. The molecule has 160 valence electrons. The predicted molar refractivity (Wildman–Crippen MR) is 111 cm³/mol. The zero-order valence-electron chi connectivity index (χ0n) is 17.3. The molecule has 0 saturated carbocycles. The van der Waals surface area contributed by atoms with Crippen molar-refractivity contribution in [3.63, 3.8) is 0 Å². The van der Waals surface area contributed by atoms with Gasteiger partial charge in [-0.25, -0.2) is 4.79 Å². The molecule has 4 rings (SSSR count). The van der Waals surface area contributed by atoms with Gasteiger partial charge < -0.3 is 19.9 Å². The number of hydrogen-bond donors (Lipinski definition) is 2. The summed E-state index contributed by atoms with van der Waals surface area (Å²) >= 11 is 0. The highest BCUT2D eigenvalue weighted by Crippen LogP contribution is 2.32. The number of imide groups is 1. The number of carbonyl (C=O) groups is 2. The van der Waals surface area contributed by atoms with Crippen LogP contribution in [-0.4, -0.2) is 79.5 Å². The van der Waals surface area contributed by atoms with E-state index in [0.717, 1.165) is 34.5 Å². The lowest BCUT2D eigenvalue weighted by molar-refractivity contribution is -0.132. The van der Waals surface area contributed by atoms with Crippen LogP contribution in [0.4, 0.5) is 4.79 Å². The molecule has 3 amide bonds. The van der Waals surface area contributed by atoms with E-state index in [0.29, 0.717) is 25.3 Å². The lowest BCUT2D eigenvalue weighted by Crippen LogP contribution is -2.46. The van der Waals surface area contributed by atoms with Crippen molar-refractivity contribution in [1.29, 1.82) is 0 Å². The maximum absolute atomic E-state index is 13.2. The first kappa shape index (κ1) is 20.6. The molecule has 2 fully saturated rings. The molecule has 0 bridgehead atoms. The van der Waals surface area contributed by atoms with Gasteiger partial charge in [-0.2, -0.15) is 0 Å². The van der Waals surface area contributed by atoms with Crippen molar-refractivity contribution in [3.05, 3.63) is 42.0 Å². The lowest BCUT2D eigenvalue weighted by Gasteiger charge is -2.29. The Labute approximate surface area is 175 Å². The largest absolute Gasteiger partial charge is 0.497 e. The molecular formula is C22H27N3O5. The second kappa shape index (κ2) is 8.22. The Hall–Kier alpha value is -2.68. The van der Waals surface area contributed by atoms with Crippen LogP contribution in [0.3, 0.4) is 0 Å². The van der Waals surface area contributed by atoms with Gasteiger partial charge in [0, 0.05) is 19.6 Å². The van der Waals surface area contributed by atoms with Gasteiger partial charge in [0.1, 0.15) is 11.3 Å². The third kappa shape index (κ3) is 3.86. The second-order valence-electron chi connectivity index (χ2n) is 7.97. The Morgan fingerprint density at radius 3 is 2.57 bits per heavy atom. The summed E-state index contributed by atoms with van der Waals surface area (Å²) in [7, 11) is 1.62. The van der Waals surface area contributed by atoms with Gasteiger partial charge in [0.25, 0.3) is 5.91 Å². The molecule has 2 N–H and O–H groups in total. The molecule has 2 saturated heterocycles. The maximum atomic E-state index is 13.2. The fourth-order valence-electron chi connectivity index (χ4n) is 4.07. The number of aliphatic hydroxyl groups excluding tert-OH is 1. The summed E-state index contributed by atoms with van der Waals surface area (Å²) in [6, 6.07) is 10.9. The first-order valence-electron chi connectivity index (χ1n) is 10.1. The number of aliphatic hydroxyl groups is 1. The SMILES string of the molecule is COc1ccc2cc([C@@]3(C)NC(=O)N(C[C@H](O)CN4CCOCC4)C3=O)ccc2c1. The molecule has 0 aliphatic carbocycles. The molecule has 30 heavy (non-hydrogen) atoms. The van der Waals surface area contributed by atoms with E-state index in [1.54, 1.807) is 14.0 Å². The predicted octanol–water partition coefficient (Wildman–Crippen LogP) is 1.31. The zero-order valence-corrected chi connectivity index (χ0v) is 17.3. The average molecular weight is 413 g/mol. The minimum absolute atomic E-state index is 0.0393. The van der Waals surface area contributed by atoms with Gasteiger partial charge in [0.2, 0.25) is 0 Å². The zero-order chi connectivity index (χ0) is 21.3. The number of rotatable bonds is 6. The van der Waals surface area contributed by atoms with E-state index in [1.165, 1.54) is 0 Å². The molecule has 2 atom stereocenters. The number of benzene rings is 2. The van der Waals surface area contributed by atoms with Gasteiger partial charge in [0.15, 0.2) is 0 Å². The normalized spacial score (nSPS) is 23.6. The molecule has 8 heteroatoms. The topological polar surface area (TPSA) is 91.3 Å². The van der Waals surface area contributed by atoms with Crippen LogP contribution in [0.1, 0.15) is 12.5 Å². The summed E-state index contributed by atoms with van der Waals surface area (Å²) in [5.74, 6) is 0.397. The van der Waals surface area contributed by atoms with Crippen molar-refractivity contribution in [2.45, 2.75) is 18.6 Å². The number of nitrogens with zero attached hydrogens (tertiary/aromatic N) is 2. The Morgan fingerprint density at radius 2 is 1.83 bits per heavy atom. The number of ether oxygens (including phenoxy) is 2. The lowest BCUT2D eigenvalue weighted by atomic mass is 9.90. The van der Waals surface area contributed by atoms with Crippen molar-refractivity contribution in [3.8, 4) is 5.75 Å². The number of methoxy groups -OCH3 is 1. The first-order valence-corrected chi connectivity index (χ1v) is 10.1. The van der Waals surface area contributed by atoms with Gasteiger partial charge in [-0.3, -0.25) is 14.6 Å². The number of morpholine rings is 1. The highest BCUT2D eigenvalue weighted by molar-refractivity contribution is 6.07. The highest BCUT2D eigenvalue weighted by atomic mass is 16.5. The van der Waals surface area contributed by atoms with Crippen LogP contribution in [0, 0.1) is 0 Å². The Kier molecular flexibility index (Phi) is 5.64. The monoisotopic (exact) mass is 413 g/mol. The van der Waals surface area contributed by atoms with Crippen LogP contribution in [0.25, 0.3) is 10.8 Å². The molecule has 0 spiro atoms. The summed E-state index contributed by atoms with van der Waals surface area (Å²) < 4.78 is 10.6. The van der Waals surface area contributed by atoms with Crippen LogP contribution < -0.4 is 10.1 Å². The Bertz CT molecular complexity index is 959. The molecule has 0 unspecified atom stereocenters. The fraction of sp³-hybridized carbons (Fsp3) is 0.455. The van der Waals surface area contributed by atoms with Crippen LogP contribution in [-0.2, 0) is 15.1 Å². The van der Waals surface area contributed by atoms with Gasteiger partial charge in [0.05, 0.1) is 33.0 Å². The molecule has 2 aliphatic rings. The number of carbonyl (C=O) groups excluding carboxylic acids is 2. The number of urea groups is 1. The molecule has 0 aromatic heterocycles. The summed E-state index contributed by atoms with van der Waals surface area (Å²) in [4.78, 5) is 28.9. The van der Waals surface area contributed by atoms with Crippen LogP contribution in [0.2, 0.25) is 0 Å². The van der Waals surface area contributed by atoms with Crippen LogP contribution in [0.15, 0.2) is 36.4 Å². The van der Waals surface area contributed by atoms with Gasteiger partial charge >= 0.3 is 6.03 Å². The van der Waals surface area contributed by atoms with Gasteiger partial charge in [-0.15, -0.1) is 0 Å². The molecular weight excluding hydrogens is 386 g/mol. The second-order valence-corrected chi connectivity index (χ2v) is 7.97.